The summed E-state index contributed by atoms with van der Waals surface area (Å²) in [4.78, 5) is 23.4. The van der Waals surface area contributed by atoms with Gasteiger partial charge >= 0.3 is 0 Å². The topological polar surface area (TPSA) is 148 Å². The molecule has 2 aromatic heterocycles. The summed E-state index contributed by atoms with van der Waals surface area (Å²) in [6.07, 6.45) is 1.13. The third-order valence-corrected chi connectivity index (χ3v) is 7.03. The lowest BCUT2D eigenvalue weighted by atomic mass is 10.1. The zero-order valence-electron chi connectivity index (χ0n) is 23.2. The van der Waals surface area contributed by atoms with Crippen LogP contribution >= 0.6 is 8.53 Å². The van der Waals surface area contributed by atoms with Crippen LogP contribution < -0.4 is 5.56 Å². The molecule has 13 heteroatoms. The van der Waals surface area contributed by atoms with Gasteiger partial charge in [-0.15, -0.1) is 0 Å². The fourth-order valence-corrected chi connectivity index (χ4v) is 5.34. The molecule has 0 aliphatic carbocycles. The number of imidazole rings is 1. The molecule has 3 rings (SSSR count). The fourth-order valence-electron chi connectivity index (χ4n) is 3.65. The number of hydrogen-bond acceptors (Lipinski definition) is 10. The Hall–Kier alpha value is -1.97. The average Bonchev–Trinajstić information content (AvgIpc) is 3.27. The Kier molecular flexibility index (Phi) is 9.97. The van der Waals surface area contributed by atoms with E-state index in [9.17, 15) is 4.79 Å². The van der Waals surface area contributed by atoms with Gasteiger partial charge < -0.3 is 28.6 Å². The summed E-state index contributed by atoms with van der Waals surface area (Å²) in [7, 11) is -0.195. The highest BCUT2D eigenvalue weighted by molar-refractivity contribution is 7.44. The predicted octanol–water partition coefficient (Wildman–Crippen LogP) is 2.63. The molecule has 0 aromatic carbocycles. The molecule has 1 aliphatic heterocycles. The van der Waals surface area contributed by atoms with Crippen molar-refractivity contribution in [2.24, 2.45) is 0 Å². The number of nitrogens with one attached hydrogen (secondary N) is 1. The first-order chi connectivity index (χ1) is 17.6. The molecule has 0 saturated carbocycles. The minimum Gasteiger partial charge on any atom is -0.400 e. The molecule has 3 atom stereocenters. The van der Waals surface area contributed by atoms with E-state index in [1.165, 1.54) is 13.4 Å². The zero-order chi connectivity index (χ0) is 27.6. The molecule has 35 heavy (non-hydrogen) atoms. The summed E-state index contributed by atoms with van der Waals surface area (Å²) in [5.41, 5.74) is -0.763. The molecular weight excluding hydrogens is 475 g/mol. The maximum absolute atomic E-state index is 12.2. The van der Waals surface area contributed by atoms with E-state index in [0.717, 1.165) is 0 Å². The van der Waals surface area contributed by atoms with Crippen molar-refractivity contribution in [3.63, 3.8) is 0 Å². The first kappa shape index (κ1) is 26.1. The largest absolute Gasteiger partial charge is 0.400 e. The Morgan fingerprint density at radius 1 is 1.51 bits per heavy atom. The van der Waals surface area contributed by atoms with E-state index in [0.29, 0.717) is 11.5 Å². The third-order valence-electron chi connectivity index (χ3n) is 4.97. The number of hydrogen-bond donors (Lipinski definition) is 2. The van der Waals surface area contributed by atoms with Crippen LogP contribution in [0.2, 0.25) is 0 Å². The van der Waals surface area contributed by atoms with Gasteiger partial charge in [0.1, 0.15) is 11.4 Å². The molecule has 0 bridgehead atoms. The van der Waals surface area contributed by atoms with Crippen molar-refractivity contribution in [1.82, 2.24) is 24.2 Å². The number of fused-ring (bicyclic) bond motifs is 1. The molecule has 12 nitrogen and oxygen atoms in total. The SMILES string of the molecule is [2H]C[C@@]1(COP(OCCC#N)N(C(C)C)C(C)C)COC[C@H](n2cnc3c(=O)[nH]c(C)nc32)O1.[3H]OC. The molecule has 0 amide bonds. The van der Waals surface area contributed by atoms with Crippen molar-refractivity contribution in [2.45, 2.75) is 71.9 Å². The average molecular weight is 516 g/mol. The van der Waals surface area contributed by atoms with E-state index in [4.69, 9.17) is 26.6 Å². The Labute approximate surface area is 210 Å². The molecule has 1 fully saturated rings. The minimum absolute atomic E-state index is 0.0703. The number of nitriles is 1. The molecule has 2 N–H and O–H groups in total. The quantitative estimate of drug-likeness (QED) is 0.357. The summed E-state index contributed by atoms with van der Waals surface area (Å²) in [6.45, 7) is 10.6. The van der Waals surface area contributed by atoms with E-state index in [2.05, 4.69) is 58.5 Å². The van der Waals surface area contributed by atoms with Crippen LogP contribution in [0.15, 0.2) is 11.1 Å². The smallest absolute Gasteiger partial charge is 0.279 e. The van der Waals surface area contributed by atoms with Gasteiger partial charge in [0, 0.05) is 20.6 Å². The van der Waals surface area contributed by atoms with Crippen molar-refractivity contribution in [2.75, 3.05) is 33.5 Å². The molecular formula is C22H37N6O6P. The van der Waals surface area contributed by atoms with E-state index in [1.54, 1.807) is 11.5 Å². The number of aromatic amines is 1. The van der Waals surface area contributed by atoms with Crippen molar-refractivity contribution in [1.29, 1.82) is 6.69 Å². The molecule has 1 saturated heterocycles. The lowest BCUT2D eigenvalue weighted by molar-refractivity contribution is -0.225. The minimum atomic E-state index is -1.49. The van der Waals surface area contributed by atoms with Gasteiger partial charge in [0.15, 0.2) is 17.4 Å². The fraction of sp³-hybridized carbons (Fsp3) is 0.727. The molecule has 1 aliphatic rings. The Morgan fingerprint density at radius 2 is 2.23 bits per heavy atom. The molecule has 196 valence electrons. The lowest BCUT2D eigenvalue weighted by Crippen LogP contribution is -2.47. The number of H-pyrrole nitrogens is 1. The number of aliphatic hydroxyl groups excluding tert-OH is 1. The van der Waals surface area contributed by atoms with Gasteiger partial charge in [0.05, 0.1) is 45.2 Å². The van der Waals surface area contributed by atoms with E-state index >= 15 is 0 Å². The summed E-state index contributed by atoms with van der Waals surface area (Å²) in [5, 5.41) is 12.4. The van der Waals surface area contributed by atoms with Crippen LogP contribution in [0.1, 0.15) is 54.4 Å². The second kappa shape index (κ2) is 13.4. The first-order valence-electron chi connectivity index (χ1n) is 12.4. The Balaban J connectivity index is 0.00000153. The van der Waals surface area contributed by atoms with Gasteiger partial charge in [-0.1, -0.05) is 0 Å². The highest BCUT2D eigenvalue weighted by Gasteiger charge is 2.38. The van der Waals surface area contributed by atoms with Gasteiger partial charge in [-0.25, -0.2) is 14.6 Å². The maximum atomic E-state index is 12.2. The standard InChI is InChI=1S/C21H33N6O5P.CH4O/c1-14(2)27(15(3)4)33(30-9-7-8-22)31-12-21(6)11-29-10-17(32-21)26-13-23-18-19(26)24-16(5)25-20(18)28;1-2/h13-15,17H,7,9-12H2,1-6H3,(H,24,25,28);2H,1H3/t17-,21+,33?;/m1./s1/i6D;2T. The van der Waals surface area contributed by atoms with Crippen LogP contribution in [0, 0.1) is 18.3 Å². The summed E-state index contributed by atoms with van der Waals surface area (Å²) in [5.74, 6) is 0.466. The van der Waals surface area contributed by atoms with Gasteiger partial charge in [-0.2, -0.15) is 5.26 Å². The monoisotopic (exact) mass is 515 g/mol. The van der Waals surface area contributed by atoms with Crippen molar-refractivity contribution in [3.05, 3.63) is 22.5 Å². The van der Waals surface area contributed by atoms with Crippen molar-refractivity contribution >= 4 is 19.7 Å². The predicted molar refractivity (Wildman–Crippen MR) is 132 cm³/mol. The van der Waals surface area contributed by atoms with E-state index in [-0.39, 0.29) is 62.9 Å². The van der Waals surface area contributed by atoms with Crippen LogP contribution in [-0.4, -0.2) is 82.0 Å². The number of rotatable bonds is 10. The van der Waals surface area contributed by atoms with Gasteiger partial charge in [0.25, 0.3) is 14.1 Å². The summed E-state index contributed by atoms with van der Waals surface area (Å²) < 4.78 is 42.1. The lowest BCUT2D eigenvalue weighted by Gasteiger charge is -2.41. The van der Waals surface area contributed by atoms with Crippen LogP contribution in [0.25, 0.3) is 11.2 Å². The first-order valence-corrected chi connectivity index (χ1v) is 12.4. The zero-order valence-corrected chi connectivity index (χ0v) is 22.1. The van der Waals surface area contributed by atoms with Crippen molar-refractivity contribution in [3.8, 4) is 6.07 Å². The normalized spacial score (nSPS) is 22.0. The molecule has 0 spiro atoms. The molecule has 0 radical (unpaired) electrons. The van der Waals surface area contributed by atoms with Crippen LogP contribution in [0.5, 0.6) is 0 Å². The summed E-state index contributed by atoms with van der Waals surface area (Å²) >= 11 is 0. The van der Waals surface area contributed by atoms with E-state index < -0.39 is 20.4 Å². The number of aliphatic hydroxyl groups is 1. The highest BCUT2D eigenvalue weighted by atomic mass is 31.2. The molecule has 2 aromatic rings. The second-order valence-electron chi connectivity index (χ2n) is 8.57. The Bertz CT molecular complexity index is 1070. The van der Waals surface area contributed by atoms with Gasteiger partial charge in [0.2, 0.25) is 1.43 Å². The second-order valence-corrected chi connectivity index (χ2v) is 10.0. The van der Waals surface area contributed by atoms with E-state index in [1.807, 2.05) is 0 Å². The highest BCUT2D eigenvalue weighted by Crippen LogP contribution is 2.47. The molecule has 3 heterocycles. The van der Waals surface area contributed by atoms with Crippen LogP contribution in [0.3, 0.4) is 0 Å². The number of nitrogens with zero attached hydrogens (tertiary/aromatic N) is 5. The maximum Gasteiger partial charge on any atom is 0.279 e. The number of aryl methyl sites for hydroxylation is 1. The van der Waals surface area contributed by atoms with Gasteiger partial charge in [-0.3, -0.25) is 9.36 Å². The van der Waals surface area contributed by atoms with Crippen LogP contribution in [-0.2, 0) is 18.5 Å². The number of ether oxygens (including phenoxy) is 2. The van der Waals surface area contributed by atoms with Crippen molar-refractivity contribution < 1.29 is 25.0 Å². The van der Waals surface area contributed by atoms with Gasteiger partial charge in [-0.05, 0) is 41.5 Å². The third kappa shape index (κ3) is 7.51. The van der Waals surface area contributed by atoms with Crippen LogP contribution in [0.4, 0.5) is 0 Å². The molecule has 1 unspecified atom stereocenters. The summed E-state index contributed by atoms with van der Waals surface area (Å²) in [6, 6.07) is 2.39. The Morgan fingerprint density at radius 3 is 2.86 bits per heavy atom. The number of aromatic nitrogens is 4.